The second-order valence-corrected chi connectivity index (χ2v) is 4.30. The Morgan fingerprint density at radius 1 is 1.44 bits per heavy atom. The molecule has 7 heteroatoms. The Kier molecular flexibility index (Phi) is 3.61. The fourth-order valence-corrected chi connectivity index (χ4v) is 2.16. The Morgan fingerprint density at radius 2 is 2.22 bits per heavy atom. The number of hydrogen-bond acceptors (Lipinski definition) is 4. The van der Waals surface area contributed by atoms with Gasteiger partial charge >= 0.3 is 0 Å². The van der Waals surface area contributed by atoms with Gasteiger partial charge in [-0.15, -0.1) is 0 Å². The van der Waals surface area contributed by atoms with E-state index >= 15 is 0 Å². The standard InChI is InChI=1S/C11H15N3O4/c15-7-8-2-1-5-13(8)11(18)6-14-10(17)4-3-9(16)12-14/h3-4,8,15H,1-2,5-7H2,(H,12,16)/t8-/m0/s1. The fraction of sp³-hybridized carbons (Fsp3) is 0.545. The van der Waals surface area contributed by atoms with E-state index in [0.717, 1.165) is 29.7 Å². The van der Waals surface area contributed by atoms with Gasteiger partial charge in [0, 0.05) is 18.7 Å². The normalized spacial score (nSPS) is 19.2. The van der Waals surface area contributed by atoms with Crippen LogP contribution < -0.4 is 11.1 Å². The minimum Gasteiger partial charge on any atom is -0.394 e. The van der Waals surface area contributed by atoms with E-state index in [0.29, 0.717) is 6.54 Å². The van der Waals surface area contributed by atoms with Crippen LogP contribution in [0.2, 0.25) is 0 Å². The quantitative estimate of drug-likeness (QED) is 0.686. The molecule has 1 aromatic heterocycles. The Hall–Kier alpha value is -1.89. The third-order valence-corrected chi connectivity index (χ3v) is 3.09. The molecule has 0 radical (unpaired) electrons. The summed E-state index contributed by atoms with van der Waals surface area (Å²) in [6, 6.07) is 2.07. The smallest absolute Gasteiger partial charge is 0.265 e. The van der Waals surface area contributed by atoms with E-state index in [4.69, 9.17) is 5.11 Å². The molecule has 0 spiro atoms. The summed E-state index contributed by atoms with van der Waals surface area (Å²) in [5.74, 6) is -0.268. The van der Waals surface area contributed by atoms with Crippen molar-refractivity contribution in [1.82, 2.24) is 14.7 Å². The van der Waals surface area contributed by atoms with Gasteiger partial charge in [0.15, 0.2) is 0 Å². The zero-order chi connectivity index (χ0) is 13.1. The fourth-order valence-electron chi connectivity index (χ4n) is 2.16. The van der Waals surface area contributed by atoms with Crippen molar-refractivity contribution in [1.29, 1.82) is 0 Å². The summed E-state index contributed by atoms with van der Waals surface area (Å²) in [6.07, 6.45) is 1.61. The number of nitrogens with zero attached hydrogens (tertiary/aromatic N) is 2. The van der Waals surface area contributed by atoms with Gasteiger partial charge in [0.1, 0.15) is 6.54 Å². The highest BCUT2D eigenvalue weighted by Crippen LogP contribution is 2.16. The Bertz CT molecular complexity index is 548. The molecule has 1 aromatic rings. The third-order valence-electron chi connectivity index (χ3n) is 3.09. The van der Waals surface area contributed by atoms with Crippen LogP contribution in [0.4, 0.5) is 0 Å². The lowest BCUT2D eigenvalue weighted by Gasteiger charge is -2.23. The lowest BCUT2D eigenvalue weighted by molar-refractivity contribution is -0.133. The number of aromatic amines is 1. The van der Waals surface area contributed by atoms with Gasteiger partial charge in [-0.25, -0.2) is 4.68 Å². The lowest BCUT2D eigenvalue weighted by Crippen LogP contribution is -2.42. The number of aliphatic hydroxyl groups excluding tert-OH is 1. The summed E-state index contributed by atoms with van der Waals surface area (Å²) >= 11 is 0. The number of likely N-dealkylation sites (tertiary alicyclic amines) is 1. The van der Waals surface area contributed by atoms with E-state index in [9.17, 15) is 14.4 Å². The molecule has 0 unspecified atom stereocenters. The Balaban J connectivity index is 2.14. The molecule has 98 valence electrons. The maximum Gasteiger partial charge on any atom is 0.265 e. The van der Waals surface area contributed by atoms with Gasteiger partial charge in [-0.05, 0) is 12.8 Å². The summed E-state index contributed by atoms with van der Waals surface area (Å²) in [5, 5.41) is 11.4. The van der Waals surface area contributed by atoms with Gasteiger partial charge in [0.05, 0.1) is 12.6 Å². The second kappa shape index (κ2) is 5.18. The molecule has 1 amide bonds. The largest absolute Gasteiger partial charge is 0.394 e. The molecule has 7 nitrogen and oxygen atoms in total. The van der Waals surface area contributed by atoms with Crippen molar-refractivity contribution in [2.45, 2.75) is 25.4 Å². The lowest BCUT2D eigenvalue weighted by atomic mass is 10.2. The highest BCUT2D eigenvalue weighted by atomic mass is 16.3. The summed E-state index contributed by atoms with van der Waals surface area (Å²) in [6.45, 7) is 0.299. The molecule has 0 bridgehead atoms. The molecule has 1 fully saturated rings. The van der Waals surface area contributed by atoms with Gasteiger partial charge in [-0.2, -0.15) is 0 Å². The van der Waals surface area contributed by atoms with Crippen LogP contribution in [0, 0.1) is 0 Å². The number of aliphatic hydroxyl groups is 1. The van der Waals surface area contributed by atoms with Crippen LogP contribution in [0.25, 0.3) is 0 Å². The van der Waals surface area contributed by atoms with E-state index in [-0.39, 0.29) is 25.1 Å². The van der Waals surface area contributed by atoms with E-state index < -0.39 is 11.1 Å². The van der Waals surface area contributed by atoms with E-state index in [1.807, 2.05) is 0 Å². The number of carbonyl (C=O) groups is 1. The molecule has 1 atom stereocenters. The predicted octanol–water partition coefficient (Wildman–Crippen LogP) is -1.48. The predicted molar refractivity (Wildman–Crippen MR) is 63.1 cm³/mol. The maximum absolute atomic E-state index is 12.0. The van der Waals surface area contributed by atoms with Gasteiger partial charge in [0.2, 0.25) is 5.91 Å². The number of hydrogen-bond donors (Lipinski definition) is 2. The van der Waals surface area contributed by atoms with Crippen molar-refractivity contribution in [2.24, 2.45) is 0 Å². The summed E-state index contributed by atoms with van der Waals surface area (Å²) in [7, 11) is 0. The Labute approximate surface area is 103 Å². The van der Waals surface area contributed by atoms with Crippen LogP contribution in [-0.4, -0.2) is 44.9 Å². The van der Waals surface area contributed by atoms with Gasteiger partial charge < -0.3 is 10.0 Å². The molecule has 1 aliphatic rings. The van der Waals surface area contributed by atoms with Crippen LogP contribution in [0.3, 0.4) is 0 Å². The molecule has 2 heterocycles. The molecule has 0 aromatic carbocycles. The van der Waals surface area contributed by atoms with Gasteiger partial charge in [-0.3, -0.25) is 19.5 Å². The second-order valence-electron chi connectivity index (χ2n) is 4.30. The average molecular weight is 253 g/mol. The van der Waals surface area contributed by atoms with Crippen molar-refractivity contribution < 1.29 is 9.90 Å². The first kappa shape index (κ1) is 12.6. The van der Waals surface area contributed by atoms with Crippen LogP contribution in [0.15, 0.2) is 21.7 Å². The molecule has 0 saturated carbocycles. The highest BCUT2D eigenvalue weighted by Gasteiger charge is 2.28. The number of H-pyrrole nitrogens is 1. The molecule has 2 N–H and O–H groups in total. The monoisotopic (exact) mass is 253 g/mol. The molecule has 18 heavy (non-hydrogen) atoms. The zero-order valence-electron chi connectivity index (χ0n) is 9.83. The minimum absolute atomic E-state index is 0.0774. The number of rotatable bonds is 3. The van der Waals surface area contributed by atoms with Crippen LogP contribution in [0.5, 0.6) is 0 Å². The summed E-state index contributed by atoms with van der Waals surface area (Å²) in [5.41, 5.74) is -0.856. The van der Waals surface area contributed by atoms with Crippen LogP contribution in [-0.2, 0) is 11.3 Å². The SMILES string of the molecule is O=C(Cn1[nH]c(=O)ccc1=O)N1CCC[C@H]1CO. The summed E-state index contributed by atoms with van der Waals surface area (Å²) < 4.78 is 0.984. The van der Waals surface area contributed by atoms with Crippen molar-refractivity contribution >= 4 is 5.91 Å². The third kappa shape index (κ3) is 2.51. The molecule has 1 aliphatic heterocycles. The summed E-state index contributed by atoms with van der Waals surface area (Å²) in [4.78, 5) is 36.1. The first-order valence-electron chi connectivity index (χ1n) is 5.82. The van der Waals surface area contributed by atoms with Crippen LogP contribution in [0.1, 0.15) is 12.8 Å². The highest BCUT2D eigenvalue weighted by molar-refractivity contribution is 5.76. The molecule has 0 aliphatic carbocycles. The zero-order valence-corrected chi connectivity index (χ0v) is 9.83. The van der Waals surface area contributed by atoms with Gasteiger partial charge in [-0.1, -0.05) is 0 Å². The van der Waals surface area contributed by atoms with Crippen molar-refractivity contribution in [3.8, 4) is 0 Å². The Morgan fingerprint density at radius 3 is 2.94 bits per heavy atom. The first-order valence-corrected chi connectivity index (χ1v) is 5.82. The van der Waals surface area contributed by atoms with Crippen molar-refractivity contribution in [2.75, 3.05) is 13.2 Å². The number of aromatic nitrogens is 2. The molecular weight excluding hydrogens is 238 g/mol. The van der Waals surface area contributed by atoms with E-state index in [1.165, 1.54) is 0 Å². The minimum atomic E-state index is -0.428. The number of nitrogens with one attached hydrogen (secondary N) is 1. The number of carbonyl (C=O) groups excluding carboxylic acids is 1. The van der Waals surface area contributed by atoms with E-state index in [2.05, 4.69) is 5.10 Å². The molecule has 1 saturated heterocycles. The number of amides is 1. The van der Waals surface area contributed by atoms with Crippen molar-refractivity contribution in [3.05, 3.63) is 32.8 Å². The molecular formula is C11H15N3O4. The average Bonchev–Trinajstić information content (AvgIpc) is 2.82. The van der Waals surface area contributed by atoms with Crippen molar-refractivity contribution in [3.63, 3.8) is 0 Å². The van der Waals surface area contributed by atoms with Crippen LogP contribution >= 0.6 is 0 Å². The maximum atomic E-state index is 12.0. The van der Waals surface area contributed by atoms with E-state index in [1.54, 1.807) is 4.90 Å². The topological polar surface area (TPSA) is 95.4 Å². The molecule has 2 rings (SSSR count). The first-order chi connectivity index (χ1) is 8.61. The van der Waals surface area contributed by atoms with Gasteiger partial charge in [0.25, 0.3) is 11.1 Å².